The first-order chi connectivity index (χ1) is 6.66. The van der Waals surface area contributed by atoms with Gasteiger partial charge >= 0.3 is 6.09 Å². The van der Waals surface area contributed by atoms with E-state index in [1.807, 2.05) is 19.1 Å². The zero-order valence-corrected chi connectivity index (χ0v) is 7.78. The highest BCUT2D eigenvalue weighted by Crippen LogP contribution is 2.29. The molecule has 1 heterocycles. The largest absolute Gasteiger partial charge is 0.508 e. The van der Waals surface area contributed by atoms with Gasteiger partial charge in [0.15, 0.2) is 0 Å². The number of hydrogen-bond donors (Lipinski definition) is 2. The summed E-state index contributed by atoms with van der Waals surface area (Å²) in [5, 5.41) is 12.1. The predicted molar refractivity (Wildman–Crippen MR) is 50.1 cm³/mol. The predicted octanol–water partition coefficient (Wildman–Crippen LogP) is 1.48. The maximum atomic E-state index is 10.8. The second-order valence-corrected chi connectivity index (χ2v) is 3.34. The number of rotatable bonds is 1. The lowest BCUT2D eigenvalue weighted by atomic mass is 10.1. The van der Waals surface area contributed by atoms with Gasteiger partial charge in [0.05, 0.1) is 6.54 Å². The minimum Gasteiger partial charge on any atom is -0.508 e. The summed E-state index contributed by atoms with van der Waals surface area (Å²) in [5.41, 5.74) is 1.68. The maximum absolute atomic E-state index is 10.8. The fourth-order valence-corrected chi connectivity index (χ4v) is 1.49. The lowest BCUT2D eigenvalue weighted by Crippen LogP contribution is -2.12. The molecule has 0 saturated carbocycles. The molecular weight excluding hydrogens is 182 g/mol. The van der Waals surface area contributed by atoms with E-state index in [0.717, 1.165) is 5.56 Å². The van der Waals surface area contributed by atoms with Gasteiger partial charge in [-0.15, -0.1) is 0 Å². The van der Waals surface area contributed by atoms with Gasteiger partial charge in [-0.3, -0.25) is 0 Å². The fourth-order valence-electron chi connectivity index (χ4n) is 1.49. The number of nitrogens with one attached hydrogen (secondary N) is 1. The molecule has 2 N–H and O–H groups in total. The van der Waals surface area contributed by atoms with E-state index in [1.165, 1.54) is 0 Å². The van der Waals surface area contributed by atoms with Crippen LogP contribution in [0.2, 0.25) is 0 Å². The van der Waals surface area contributed by atoms with Gasteiger partial charge in [0.25, 0.3) is 0 Å². The van der Waals surface area contributed by atoms with Crippen LogP contribution in [0.5, 0.6) is 5.75 Å². The number of amides is 1. The van der Waals surface area contributed by atoms with Crippen LogP contribution >= 0.6 is 0 Å². The second kappa shape index (κ2) is 3.21. The number of ether oxygens (including phenoxy) is 1. The summed E-state index contributed by atoms with van der Waals surface area (Å²) in [5.74, 6) is 0.164. The number of carbonyl (C=O) groups is 1. The van der Waals surface area contributed by atoms with Crippen LogP contribution in [0.1, 0.15) is 17.2 Å². The smallest absolute Gasteiger partial charge is 0.407 e. The van der Waals surface area contributed by atoms with Crippen molar-refractivity contribution in [3.63, 3.8) is 0 Å². The molecule has 1 unspecified atom stereocenters. The first kappa shape index (κ1) is 8.87. The summed E-state index contributed by atoms with van der Waals surface area (Å²) in [6.07, 6.45) is -0.807. The summed E-state index contributed by atoms with van der Waals surface area (Å²) >= 11 is 0. The summed E-state index contributed by atoms with van der Waals surface area (Å²) in [6.45, 7) is 2.34. The standard InChI is InChI=1S/C10H11NO3/c1-6-2-3-8(12)7(4-6)9-5-11-10(13)14-9/h2-4,9,12H,5H2,1H3,(H,11,13). The minimum absolute atomic E-state index is 0.164. The van der Waals surface area contributed by atoms with Crippen LogP contribution in [-0.2, 0) is 4.74 Å². The highest BCUT2D eigenvalue weighted by Gasteiger charge is 2.26. The summed E-state index contributed by atoms with van der Waals surface area (Å²) < 4.78 is 4.97. The first-order valence-corrected chi connectivity index (χ1v) is 4.41. The number of carbonyl (C=O) groups excluding carboxylic acids is 1. The molecule has 1 fully saturated rings. The van der Waals surface area contributed by atoms with E-state index in [-0.39, 0.29) is 11.9 Å². The number of alkyl carbamates (subject to hydrolysis) is 1. The van der Waals surface area contributed by atoms with E-state index in [2.05, 4.69) is 5.32 Å². The highest BCUT2D eigenvalue weighted by molar-refractivity contribution is 5.70. The molecule has 1 amide bonds. The van der Waals surface area contributed by atoms with Crippen molar-refractivity contribution in [2.45, 2.75) is 13.0 Å². The third-order valence-electron chi connectivity index (χ3n) is 2.21. The molecule has 1 aromatic rings. The van der Waals surface area contributed by atoms with E-state index >= 15 is 0 Å². The molecular formula is C10H11NO3. The molecule has 0 aliphatic carbocycles. The van der Waals surface area contributed by atoms with Crippen LogP contribution in [0.3, 0.4) is 0 Å². The average molecular weight is 193 g/mol. The van der Waals surface area contributed by atoms with Gasteiger partial charge in [0.2, 0.25) is 0 Å². The number of phenols is 1. The molecule has 0 aromatic heterocycles. The van der Waals surface area contributed by atoms with Crippen molar-refractivity contribution in [1.29, 1.82) is 0 Å². The third kappa shape index (κ3) is 1.51. The number of aryl methyl sites for hydroxylation is 1. The lowest BCUT2D eigenvalue weighted by molar-refractivity contribution is 0.139. The van der Waals surface area contributed by atoms with Gasteiger partial charge in [0.1, 0.15) is 11.9 Å². The quantitative estimate of drug-likeness (QED) is 0.710. The first-order valence-electron chi connectivity index (χ1n) is 4.41. The Morgan fingerprint density at radius 3 is 3.00 bits per heavy atom. The molecule has 2 rings (SSSR count). The van der Waals surface area contributed by atoms with Crippen LogP contribution in [0.25, 0.3) is 0 Å². The topological polar surface area (TPSA) is 58.6 Å². The van der Waals surface area contributed by atoms with Crippen molar-refractivity contribution in [3.05, 3.63) is 29.3 Å². The van der Waals surface area contributed by atoms with Gasteiger partial charge in [0, 0.05) is 5.56 Å². The zero-order valence-electron chi connectivity index (χ0n) is 7.78. The Balaban J connectivity index is 2.31. The Labute approximate surface area is 81.5 Å². The van der Waals surface area contributed by atoms with Crippen LogP contribution in [0, 0.1) is 6.92 Å². The Bertz CT molecular complexity index is 376. The highest BCUT2D eigenvalue weighted by atomic mass is 16.6. The Morgan fingerprint density at radius 1 is 1.57 bits per heavy atom. The molecule has 0 spiro atoms. The number of cyclic esters (lactones) is 1. The number of phenolic OH excluding ortho intramolecular Hbond substituents is 1. The van der Waals surface area contributed by atoms with Crippen LogP contribution < -0.4 is 5.32 Å². The number of hydrogen-bond acceptors (Lipinski definition) is 3. The molecule has 1 saturated heterocycles. The molecule has 4 heteroatoms. The third-order valence-corrected chi connectivity index (χ3v) is 2.21. The Morgan fingerprint density at radius 2 is 2.36 bits per heavy atom. The lowest BCUT2D eigenvalue weighted by Gasteiger charge is -2.10. The van der Waals surface area contributed by atoms with E-state index in [9.17, 15) is 9.90 Å². The minimum atomic E-state index is -0.434. The summed E-state index contributed by atoms with van der Waals surface area (Å²) in [7, 11) is 0. The number of benzene rings is 1. The molecule has 4 nitrogen and oxygen atoms in total. The Hall–Kier alpha value is -1.71. The SMILES string of the molecule is Cc1ccc(O)c(C2CNC(=O)O2)c1. The van der Waals surface area contributed by atoms with E-state index in [0.29, 0.717) is 12.1 Å². The van der Waals surface area contributed by atoms with Crippen LogP contribution in [-0.4, -0.2) is 17.7 Å². The monoisotopic (exact) mass is 193 g/mol. The van der Waals surface area contributed by atoms with Gasteiger partial charge in [-0.05, 0) is 19.1 Å². The fraction of sp³-hybridized carbons (Fsp3) is 0.300. The summed E-state index contributed by atoms with van der Waals surface area (Å²) in [6, 6.07) is 5.24. The van der Waals surface area contributed by atoms with Crippen molar-refractivity contribution in [1.82, 2.24) is 5.32 Å². The molecule has 1 atom stereocenters. The van der Waals surface area contributed by atoms with Crippen molar-refractivity contribution in [2.24, 2.45) is 0 Å². The average Bonchev–Trinajstić information content (AvgIpc) is 2.56. The van der Waals surface area contributed by atoms with Crippen LogP contribution in [0.4, 0.5) is 4.79 Å². The zero-order chi connectivity index (χ0) is 10.1. The van der Waals surface area contributed by atoms with Crippen molar-refractivity contribution in [3.8, 4) is 5.75 Å². The Kier molecular flexibility index (Phi) is 2.04. The van der Waals surface area contributed by atoms with Crippen molar-refractivity contribution in [2.75, 3.05) is 6.54 Å². The number of aromatic hydroxyl groups is 1. The van der Waals surface area contributed by atoms with Gasteiger partial charge in [-0.1, -0.05) is 11.6 Å². The van der Waals surface area contributed by atoms with Crippen molar-refractivity contribution >= 4 is 6.09 Å². The molecule has 14 heavy (non-hydrogen) atoms. The van der Waals surface area contributed by atoms with E-state index in [1.54, 1.807) is 6.07 Å². The van der Waals surface area contributed by atoms with Gasteiger partial charge in [-0.25, -0.2) is 4.79 Å². The summed E-state index contributed by atoms with van der Waals surface area (Å²) in [4.78, 5) is 10.8. The van der Waals surface area contributed by atoms with Gasteiger partial charge in [-0.2, -0.15) is 0 Å². The molecule has 74 valence electrons. The molecule has 0 radical (unpaired) electrons. The van der Waals surface area contributed by atoms with E-state index in [4.69, 9.17) is 4.74 Å². The second-order valence-electron chi connectivity index (χ2n) is 3.34. The van der Waals surface area contributed by atoms with Crippen molar-refractivity contribution < 1.29 is 14.6 Å². The van der Waals surface area contributed by atoms with Crippen LogP contribution in [0.15, 0.2) is 18.2 Å². The molecule has 1 aromatic carbocycles. The van der Waals surface area contributed by atoms with Gasteiger partial charge < -0.3 is 15.2 Å². The normalized spacial score (nSPS) is 20.4. The maximum Gasteiger partial charge on any atom is 0.407 e. The molecule has 1 aliphatic rings. The van der Waals surface area contributed by atoms with E-state index < -0.39 is 6.09 Å². The molecule has 0 bridgehead atoms. The molecule has 1 aliphatic heterocycles.